The first kappa shape index (κ1) is 15.6. The van der Waals surface area contributed by atoms with Crippen LogP contribution in [0.15, 0.2) is 48.5 Å². The standard InChI is InChI=1S/C19H26N2/c1-14-10-11-18(15(2)12-14)21(4)13-16(3)19(20)17-8-6-5-7-9-17/h5-12,16,19H,13,20H2,1-4H3. The maximum absolute atomic E-state index is 6.40. The summed E-state index contributed by atoms with van der Waals surface area (Å²) in [6.45, 7) is 7.46. The molecule has 0 spiro atoms. The summed E-state index contributed by atoms with van der Waals surface area (Å²) >= 11 is 0. The Balaban J connectivity index is 2.06. The van der Waals surface area contributed by atoms with Crippen molar-refractivity contribution in [2.24, 2.45) is 11.7 Å². The number of hydrogen-bond acceptors (Lipinski definition) is 2. The van der Waals surface area contributed by atoms with Crippen molar-refractivity contribution in [2.45, 2.75) is 26.8 Å². The summed E-state index contributed by atoms with van der Waals surface area (Å²) < 4.78 is 0. The van der Waals surface area contributed by atoms with E-state index in [1.807, 2.05) is 6.07 Å². The summed E-state index contributed by atoms with van der Waals surface area (Å²) in [4.78, 5) is 2.31. The smallest absolute Gasteiger partial charge is 0.0393 e. The lowest BCUT2D eigenvalue weighted by atomic mass is 9.94. The van der Waals surface area contributed by atoms with Crippen molar-refractivity contribution in [3.8, 4) is 0 Å². The number of rotatable bonds is 5. The normalized spacial score (nSPS) is 13.8. The highest BCUT2D eigenvalue weighted by molar-refractivity contribution is 5.53. The van der Waals surface area contributed by atoms with E-state index >= 15 is 0 Å². The molecule has 2 unspecified atom stereocenters. The molecule has 0 aliphatic rings. The number of anilines is 1. The lowest BCUT2D eigenvalue weighted by Gasteiger charge is -2.28. The Kier molecular flexibility index (Phi) is 5.03. The molecule has 0 saturated carbocycles. The van der Waals surface area contributed by atoms with Gasteiger partial charge in [0.2, 0.25) is 0 Å². The predicted molar refractivity (Wildman–Crippen MR) is 91.7 cm³/mol. The fraction of sp³-hybridized carbons (Fsp3) is 0.368. The Morgan fingerprint density at radius 2 is 1.71 bits per heavy atom. The van der Waals surface area contributed by atoms with Crippen molar-refractivity contribution >= 4 is 5.69 Å². The van der Waals surface area contributed by atoms with E-state index in [9.17, 15) is 0 Å². The highest BCUT2D eigenvalue weighted by Gasteiger charge is 2.17. The van der Waals surface area contributed by atoms with Crippen LogP contribution >= 0.6 is 0 Å². The molecule has 2 atom stereocenters. The van der Waals surface area contributed by atoms with E-state index in [4.69, 9.17) is 5.73 Å². The molecule has 2 N–H and O–H groups in total. The van der Waals surface area contributed by atoms with Crippen molar-refractivity contribution in [3.05, 3.63) is 65.2 Å². The van der Waals surface area contributed by atoms with Crippen molar-refractivity contribution in [1.29, 1.82) is 0 Å². The van der Waals surface area contributed by atoms with E-state index in [1.54, 1.807) is 0 Å². The van der Waals surface area contributed by atoms with Gasteiger partial charge in [-0.25, -0.2) is 0 Å². The van der Waals surface area contributed by atoms with Crippen molar-refractivity contribution in [3.63, 3.8) is 0 Å². The van der Waals surface area contributed by atoms with Crippen LogP contribution in [0.2, 0.25) is 0 Å². The summed E-state index contributed by atoms with van der Waals surface area (Å²) in [6.07, 6.45) is 0. The van der Waals surface area contributed by atoms with Crippen LogP contribution in [0.4, 0.5) is 5.69 Å². The third-order valence-electron chi connectivity index (χ3n) is 4.12. The molecule has 0 aliphatic heterocycles. The molecule has 0 heterocycles. The summed E-state index contributed by atoms with van der Waals surface area (Å²) in [5, 5.41) is 0. The quantitative estimate of drug-likeness (QED) is 0.895. The van der Waals surface area contributed by atoms with Gasteiger partial charge in [-0.3, -0.25) is 0 Å². The largest absolute Gasteiger partial charge is 0.374 e. The van der Waals surface area contributed by atoms with Crippen LogP contribution < -0.4 is 10.6 Å². The molecule has 0 bridgehead atoms. The van der Waals surface area contributed by atoms with E-state index in [0.29, 0.717) is 5.92 Å². The maximum atomic E-state index is 6.40. The van der Waals surface area contributed by atoms with Gasteiger partial charge in [0.15, 0.2) is 0 Å². The maximum Gasteiger partial charge on any atom is 0.0393 e. The second-order valence-electron chi connectivity index (χ2n) is 6.08. The molecule has 0 aromatic heterocycles. The summed E-state index contributed by atoms with van der Waals surface area (Å²) in [7, 11) is 2.14. The van der Waals surface area contributed by atoms with Gasteiger partial charge in [-0.05, 0) is 37.0 Å². The van der Waals surface area contributed by atoms with Gasteiger partial charge in [0.1, 0.15) is 0 Å². The van der Waals surface area contributed by atoms with Gasteiger partial charge >= 0.3 is 0 Å². The minimum atomic E-state index is 0.0689. The minimum absolute atomic E-state index is 0.0689. The lowest BCUT2D eigenvalue weighted by molar-refractivity contribution is 0.472. The average Bonchev–Trinajstić information content (AvgIpc) is 2.47. The van der Waals surface area contributed by atoms with Gasteiger partial charge in [0.25, 0.3) is 0 Å². The average molecular weight is 282 g/mol. The molecule has 0 saturated heterocycles. The monoisotopic (exact) mass is 282 g/mol. The van der Waals surface area contributed by atoms with E-state index < -0.39 is 0 Å². The Bertz CT molecular complexity index is 577. The van der Waals surface area contributed by atoms with Crippen LogP contribution in [-0.2, 0) is 0 Å². The molecule has 0 radical (unpaired) electrons. The van der Waals surface area contributed by atoms with Crippen LogP contribution in [-0.4, -0.2) is 13.6 Å². The van der Waals surface area contributed by atoms with E-state index in [0.717, 1.165) is 6.54 Å². The highest BCUT2D eigenvalue weighted by atomic mass is 15.1. The molecule has 0 amide bonds. The molecule has 2 nitrogen and oxygen atoms in total. The molecule has 2 rings (SSSR count). The minimum Gasteiger partial charge on any atom is -0.374 e. The van der Waals surface area contributed by atoms with Crippen LogP contribution in [0, 0.1) is 19.8 Å². The van der Waals surface area contributed by atoms with Gasteiger partial charge in [0.05, 0.1) is 0 Å². The van der Waals surface area contributed by atoms with Crippen molar-refractivity contribution in [1.82, 2.24) is 0 Å². The number of nitrogens with two attached hydrogens (primary N) is 1. The number of nitrogens with zero attached hydrogens (tertiary/aromatic N) is 1. The zero-order valence-corrected chi connectivity index (χ0v) is 13.5. The third kappa shape index (κ3) is 3.85. The van der Waals surface area contributed by atoms with E-state index in [2.05, 4.69) is 75.2 Å². The molecule has 2 aromatic carbocycles. The molecular formula is C19H26N2. The number of benzene rings is 2. The summed E-state index contributed by atoms with van der Waals surface area (Å²) in [5.41, 5.74) is 11.5. The van der Waals surface area contributed by atoms with E-state index in [1.165, 1.54) is 22.4 Å². The molecule has 21 heavy (non-hydrogen) atoms. The second-order valence-corrected chi connectivity index (χ2v) is 6.08. The predicted octanol–water partition coefficient (Wildman–Crippen LogP) is 4.08. The Hall–Kier alpha value is -1.80. The van der Waals surface area contributed by atoms with Crippen LogP contribution in [0.25, 0.3) is 0 Å². The molecule has 2 aromatic rings. The zero-order chi connectivity index (χ0) is 15.4. The van der Waals surface area contributed by atoms with Crippen molar-refractivity contribution < 1.29 is 0 Å². The first-order valence-electron chi connectivity index (χ1n) is 7.58. The van der Waals surface area contributed by atoms with Crippen LogP contribution in [0.1, 0.15) is 29.7 Å². The first-order chi connectivity index (χ1) is 9.99. The number of aryl methyl sites for hydroxylation is 2. The van der Waals surface area contributed by atoms with Gasteiger partial charge in [-0.2, -0.15) is 0 Å². The Labute approximate surface area is 128 Å². The highest BCUT2D eigenvalue weighted by Crippen LogP contribution is 2.24. The van der Waals surface area contributed by atoms with Gasteiger partial charge in [-0.15, -0.1) is 0 Å². The number of hydrogen-bond donors (Lipinski definition) is 1. The van der Waals surface area contributed by atoms with Crippen LogP contribution in [0.5, 0.6) is 0 Å². The topological polar surface area (TPSA) is 29.3 Å². The van der Waals surface area contributed by atoms with Gasteiger partial charge in [-0.1, -0.05) is 55.0 Å². The van der Waals surface area contributed by atoms with Crippen molar-refractivity contribution in [2.75, 3.05) is 18.5 Å². The molecular weight excluding hydrogens is 256 g/mol. The Morgan fingerprint density at radius 1 is 1.05 bits per heavy atom. The van der Waals surface area contributed by atoms with Gasteiger partial charge < -0.3 is 10.6 Å². The van der Waals surface area contributed by atoms with Crippen LogP contribution in [0.3, 0.4) is 0 Å². The molecule has 0 fully saturated rings. The molecule has 0 aliphatic carbocycles. The SMILES string of the molecule is Cc1ccc(N(C)CC(C)C(N)c2ccccc2)c(C)c1. The zero-order valence-electron chi connectivity index (χ0n) is 13.5. The first-order valence-corrected chi connectivity index (χ1v) is 7.58. The Morgan fingerprint density at radius 3 is 2.33 bits per heavy atom. The fourth-order valence-electron chi connectivity index (χ4n) is 2.88. The van der Waals surface area contributed by atoms with E-state index in [-0.39, 0.29) is 6.04 Å². The second kappa shape index (κ2) is 6.77. The summed E-state index contributed by atoms with van der Waals surface area (Å²) in [5.74, 6) is 0.387. The molecule has 112 valence electrons. The summed E-state index contributed by atoms with van der Waals surface area (Å²) in [6, 6.07) is 17.0. The lowest BCUT2D eigenvalue weighted by Crippen LogP contribution is -2.31. The molecule has 2 heteroatoms. The van der Waals surface area contributed by atoms with Gasteiger partial charge in [0, 0.05) is 25.3 Å². The third-order valence-corrected chi connectivity index (χ3v) is 4.12. The fourth-order valence-corrected chi connectivity index (χ4v) is 2.88.